The van der Waals surface area contributed by atoms with Gasteiger partial charge in [0.25, 0.3) is 0 Å². The van der Waals surface area contributed by atoms with E-state index in [0.29, 0.717) is 44.2 Å². The van der Waals surface area contributed by atoms with Crippen LogP contribution in [0.2, 0.25) is 0 Å². The molecule has 0 unspecified atom stereocenters. The molecule has 2 aromatic heterocycles. The van der Waals surface area contributed by atoms with Gasteiger partial charge in [0, 0.05) is 6.61 Å². The fraction of sp³-hybridized carbons (Fsp3) is 0.422. The molecule has 0 amide bonds. The smallest absolute Gasteiger partial charge is 0.155 e. The number of ether oxygens (including phenoxy) is 4. The van der Waals surface area contributed by atoms with Crippen LogP contribution in [0, 0.1) is 0 Å². The normalized spacial score (nSPS) is 11.3. The number of nitrogens with zero attached hydrogens (tertiary/aromatic N) is 6. The van der Waals surface area contributed by atoms with Crippen molar-refractivity contribution in [1.29, 1.82) is 0 Å². The summed E-state index contributed by atoms with van der Waals surface area (Å²) in [6, 6.07) is 23.3. The van der Waals surface area contributed by atoms with Crippen LogP contribution in [-0.4, -0.2) is 91.6 Å². The maximum absolute atomic E-state index is 11.1. The van der Waals surface area contributed by atoms with E-state index >= 15 is 0 Å². The molecule has 6 rings (SSSR count). The Kier molecular flexibility index (Phi) is 17.5. The molecule has 0 saturated heterocycles. The van der Waals surface area contributed by atoms with Gasteiger partial charge in [-0.15, -0.1) is 30.0 Å². The molecule has 0 bridgehead atoms. The lowest BCUT2D eigenvalue weighted by Gasteiger charge is -2.13. The number of phenols is 2. The van der Waals surface area contributed by atoms with E-state index in [1.807, 2.05) is 73.7 Å². The van der Waals surface area contributed by atoms with Gasteiger partial charge in [-0.3, -0.25) is 9.59 Å². The van der Waals surface area contributed by atoms with Crippen molar-refractivity contribution in [2.75, 3.05) is 39.8 Å². The Balaban J connectivity index is 0.000000480. The van der Waals surface area contributed by atoms with E-state index in [4.69, 9.17) is 18.9 Å². The van der Waals surface area contributed by atoms with Crippen LogP contribution in [0.1, 0.15) is 82.1 Å². The molecule has 0 saturated carbocycles. The van der Waals surface area contributed by atoms with Gasteiger partial charge in [-0.2, -0.15) is 0 Å². The minimum absolute atomic E-state index is 0.0124. The van der Waals surface area contributed by atoms with Gasteiger partial charge in [0.2, 0.25) is 0 Å². The number of rotatable bonds is 23. The topological polar surface area (TPSA) is 173 Å². The monoisotopic (exact) mass is 808 g/mol. The number of aromatic nitrogens is 6. The second-order valence-electron chi connectivity index (χ2n) is 14.4. The summed E-state index contributed by atoms with van der Waals surface area (Å²) in [6.45, 7) is 9.15. The molecule has 0 radical (unpaired) electrons. The Hall–Kier alpha value is -5.54. The van der Waals surface area contributed by atoms with E-state index in [1.165, 1.54) is 23.4 Å². The van der Waals surface area contributed by atoms with Gasteiger partial charge in [0.05, 0.1) is 19.8 Å². The predicted molar refractivity (Wildman–Crippen MR) is 225 cm³/mol. The first-order chi connectivity index (χ1) is 28.7. The number of ketones is 2. The zero-order valence-electron chi connectivity index (χ0n) is 34.6. The van der Waals surface area contributed by atoms with Gasteiger partial charge >= 0.3 is 0 Å². The summed E-state index contributed by atoms with van der Waals surface area (Å²) in [6.07, 6.45) is 7.33. The summed E-state index contributed by atoms with van der Waals surface area (Å²) < 4.78 is 21.5. The summed E-state index contributed by atoms with van der Waals surface area (Å²) in [4.78, 5) is 23.8. The van der Waals surface area contributed by atoms with Crippen molar-refractivity contribution in [2.45, 2.75) is 85.7 Å². The van der Waals surface area contributed by atoms with Gasteiger partial charge < -0.3 is 29.2 Å². The number of aromatic hydroxyl groups is 2. The first-order valence-corrected chi connectivity index (χ1v) is 20.3. The van der Waals surface area contributed by atoms with Gasteiger partial charge in [-0.1, -0.05) is 57.0 Å². The Bertz CT molecular complexity index is 2180. The summed E-state index contributed by atoms with van der Waals surface area (Å²) in [5, 5.41) is 40.3. The minimum atomic E-state index is -0.0124. The fourth-order valence-corrected chi connectivity index (χ4v) is 6.34. The molecule has 2 heterocycles. The molecule has 14 nitrogen and oxygen atoms in total. The summed E-state index contributed by atoms with van der Waals surface area (Å²) in [5.41, 5.74) is 8.09. The Morgan fingerprint density at radius 1 is 0.576 bits per heavy atom. The number of hydrogen-bond acceptors (Lipinski definition) is 12. The van der Waals surface area contributed by atoms with E-state index in [2.05, 4.69) is 33.4 Å². The molecule has 4 aromatic carbocycles. The highest BCUT2D eigenvalue weighted by Gasteiger charge is 2.16. The third-order valence-corrected chi connectivity index (χ3v) is 9.31. The van der Waals surface area contributed by atoms with Gasteiger partial charge in [-0.05, 0) is 117 Å². The quantitative estimate of drug-likeness (QED) is 0.0481. The SMILES string of the molecule is CC(=O)COCCOCC(C)=O.CCCCCc1cc(COCOCCCCc2cc(CC)c(O)c(-n3nc4ccccc4n3)c2)cc(-n2nc3ccccc3n2)c1O. The standard InChI is InChI=1S/C37H42N6O4.C8H14O4/c1-3-5-6-14-29-21-27(23-35(37(29)45)43-40-32-17-9-10-18-33(32)41-43)24-47-25-46-19-12-11-13-26-20-28(4-2)36(44)34(22-26)42-38-30-15-7-8-16-31(30)39-42;1-7(9)5-11-3-4-12-6-8(2)10/h7-10,15-18,20-23,44-45H,3-6,11-14,19,24-25H2,1-2H3;3-6H2,1-2H3. The number of carbonyl (C=O) groups excluding carboxylic acids is 2. The number of fused-ring (bicyclic) bond motifs is 2. The first-order valence-electron chi connectivity index (χ1n) is 20.3. The van der Waals surface area contributed by atoms with Crippen molar-refractivity contribution in [3.05, 3.63) is 95.1 Å². The van der Waals surface area contributed by atoms with E-state index in [9.17, 15) is 19.8 Å². The van der Waals surface area contributed by atoms with Crippen LogP contribution in [0.5, 0.6) is 11.5 Å². The number of hydrogen-bond donors (Lipinski definition) is 2. The van der Waals surface area contributed by atoms with Crippen molar-refractivity contribution < 1.29 is 38.7 Å². The largest absolute Gasteiger partial charge is 0.505 e. The van der Waals surface area contributed by atoms with E-state index in [-0.39, 0.29) is 43.1 Å². The molecule has 14 heteroatoms. The van der Waals surface area contributed by atoms with Crippen LogP contribution in [0.4, 0.5) is 0 Å². The number of benzene rings is 4. The van der Waals surface area contributed by atoms with E-state index in [1.54, 1.807) is 0 Å². The van der Waals surface area contributed by atoms with Crippen molar-refractivity contribution in [3.63, 3.8) is 0 Å². The van der Waals surface area contributed by atoms with Crippen LogP contribution in [0.3, 0.4) is 0 Å². The summed E-state index contributed by atoms with van der Waals surface area (Å²) in [5.74, 6) is 0.408. The number of phenolic OH excluding ortho intramolecular Hbond substituents is 2. The molecule has 0 aliphatic heterocycles. The minimum Gasteiger partial charge on any atom is -0.505 e. The first kappa shape index (κ1) is 44.6. The van der Waals surface area contributed by atoms with Crippen LogP contribution in [-0.2, 0) is 54.4 Å². The Morgan fingerprint density at radius 2 is 1.07 bits per heavy atom. The van der Waals surface area contributed by atoms with E-state index in [0.717, 1.165) is 89.3 Å². The third-order valence-electron chi connectivity index (χ3n) is 9.31. The molecule has 6 aromatic rings. The molecule has 314 valence electrons. The van der Waals surface area contributed by atoms with Crippen LogP contribution >= 0.6 is 0 Å². The van der Waals surface area contributed by atoms with Gasteiger partial charge in [-0.25, -0.2) is 0 Å². The van der Waals surface area contributed by atoms with Crippen LogP contribution in [0.25, 0.3) is 33.4 Å². The highest BCUT2D eigenvalue weighted by molar-refractivity contribution is 5.77. The van der Waals surface area contributed by atoms with E-state index < -0.39 is 0 Å². The average Bonchev–Trinajstić information content (AvgIpc) is 3.86. The molecule has 0 aliphatic carbocycles. The number of unbranched alkanes of at least 4 members (excludes halogenated alkanes) is 3. The van der Waals surface area contributed by atoms with Crippen molar-refractivity contribution in [2.24, 2.45) is 0 Å². The molecular weight excluding hydrogens is 753 g/mol. The van der Waals surface area contributed by atoms with Gasteiger partial charge in [0.1, 0.15) is 64.9 Å². The van der Waals surface area contributed by atoms with Crippen LogP contribution < -0.4 is 0 Å². The summed E-state index contributed by atoms with van der Waals surface area (Å²) in [7, 11) is 0. The molecule has 59 heavy (non-hydrogen) atoms. The zero-order chi connectivity index (χ0) is 42.0. The summed E-state index contributed by atoms with van der Waals surface area (Å²) >= 11 is 0. The lowest BCUT2D eigenvalue weighted by atomic mass is 10.0. The second kappa shape index (κ2) is 23.2. The molecule has 2 N–H and O–H groups in total. The molecular formula is C45H56N6O8. The fourth-order valence-electron chi connectivity index (χ4n) is 6.34. The maximum Gasteiger partial charge on any atom is 0.155 e. The lowest BCUT2D eigenvalue weighted by molar-refractivity contribution is -0.124. The van der Waals surface area contributed by atoms with Crippen molar-refractivity contribution in [3.8, 4) is 22.9 Å². The number of aryl methyl sites for hydroxylation is 3. The number of carbonyl (C=O) groups is 2. The Morgan fingerprint density at radius 3 is 1.58 bits per heavy atom. The van der Waals surface area contributed by atoms with Crippen molar-refractivity contribution in [1.82, 2.24) is 30.0 Å². The highest BCUT2D eigenvalue weighted by Crippen LogP contribution is 2.31. The molecule has 0 spiro atoms. The average molecular weight is 809 g/mol. The van der Waals surface area contributed by atoms with Crippen molar-refractivity contribution >= 4 is 33.6 Å². The third kappa shape index (κ3) is 13.5. The predicted octanol–water partition coefficient (Wildman–Crippen LogP) is 7.57. The zero-order valence-corrected chi connectivity index (χ0v) is 34.6. The molecule has 0 fully saturated rings. The second-order valence-corrected chi connectivity index (χ2v) is 14.4. The van der Waals surface area contributed by atoms with Gasteiger partial charge in [0.15, 0.2) is 11.6 Å². The molecule has 0 atom stereocenters. The number of Topliss-reactive ketones (excluding diaryl/α,β-unsaturated/α-hetero) is 2. The molecule has 0 aliphatic rings. The highest BCUT2D eigenvalue weighted by atomic mass is 16.7. The Labute approximate surface area is 345 Å². The van der Waals surface area contributed by atoms with Crippen LogP contribution in [0.15, 0.2) is 72.8 Å². The lowest BCUT2D eigenvalue weighted by Crippen LogP contribution is -2.12. The maximum atomic E-state index is 11.1.